The lowest BCUT2D eigenvalue weighted by Crippen LogP contribution is -2.44. The van der Waals surface area contributed by atoms with Gasteiger partial charge in [0.1, 0.15) is 23.8 Å². The molecule has 8 rings (SSSR count). The number of carbonyl (C=O) groups is 3. The second-order valence-electron chi connectivity index (χ2n) is 14.0. The summed E-state index contributed by atoms with van der Waals surface area (Å²) in [6.07, 6.45) is 10.8. The Balaban J connectivity index is 0.854. The number of benzene rings is 1. The van der Waals surface area contributed by atoms with Crippen LogP contribution >= 0.6 is 0 Å². The lowest BCUT2D eigenvalue weighted by molar-refractivity contribution is -0.135. The van der Waals surface area contributed by atoms with E-state index >= 15 is 0 Å². The number of imidazole rings is 1. The molecule has 3 amide bonds. The van der Waals surface area contributed by atoms with Gasteiger partial charge in [0.25, 0.3) is 12.3 Å². The van der Waals surface area contributed by atoms with Crippen LogP contribution in [0.5, 0.6) is 0 Å². The molecule has 2 aliphatic heterocycles. The van der Waals surface area contributed by atoms with E-state index < -0.39 is 30.0 Å². The molecule has 1 unspecified atom stereocenters. The minimum atomic E-state index is -2.87. The average Bonchev–Trinajstić information content (AvgIpc) is 3.87. The second kappa shape index (κ2) is 14.4. The summed E-state index contributed by atoms with van der Waals surface area (Å²) in [7, 11) is 1.70. The van der Waals surface area contributed by atoms with Gasteiger partial charge < -0.3 is 15.0 Å². The Morgan fingerprint density at radius 1 is 1.06 bits per heavy atom. The maximum Gasteiger partial charge on any atom is 0.329 e. The Labute approximate surface area is 307 Å². The lowest BCUT2D eigenvalue weighted by atomic mass is 9.87. The van der Waals surface area contributed by atoms with Gasteiger partial charge in [-0.2, -0.15) is 10.2 Å². The van der Waals surface area contributed by atoms with Crippen molar-refractivity contribution < 1.29 is 27.9 Å². The Hall–Kier alpha value is -6.05. The zero-order chi connectivity index (χ0) is 37.5. The number of ether oxygens (including phenoxy) is 1. The number of imide groups is 1. The van der Waals surface area contributed by atoms with E-state index in [9.17, 15) is 28.0 Å². The van der Waals surface area contributed by atoms with Gasteiger partial charge in [0.15, 0.2) is 11.3 Å². The zero-order valence-corrected chi connectivity index (χ0v) is 29.5. The third-order valence-corrected chi connectivity index (χ3v) is 10.7. The van der Waals surface area contributed by atoms with E-state index in [1.165, 1.54) is 32.4 Å². The van der Waals surface area contributed by atoms with Gasteiger partial charge in [0.05, 0.1) is 34.6 Å². The minimum Gasteiger partial charge on any atom is -0.443 e. The highest BCUT2D eigenvalue weighted by molar-refractivity contribution is 6.08. The predicted octanol–water partition coefficient (Wildman–Crippen LogP) is 4.12. The zero-order valence-electron chi connectivity index (χ0n) is 29.5. The standard InChI is InChI=1S/C37H38F2N10O5/c1-45-32-27(4-2-5-28(32)49(37(45)53)29-10-11-30(50)43-36(29)52)46-17-12-24(13-18-46)54-19-14-22-6-8-23(9-7-22)48-21-26(31(44-48)33(38)39)42-35(51)25-20-41-47-16-3-15-40-34(25)47/h2-5,15-16,20-24,29,33H,6-13,17-18H2,1H3,(H,42,51)(H,43,50,52). The molecule has 2 saturated heterocycles. The molecule has 0 radical (unpaired) electrons. The lowest BCUT2D eigenvalue weighted by Gasteiger charge is -2.33. The monoisotopic (exact) mass is 740 g/mol. The van der Waals surface area contributed by atoms with E-state index in [0.29, 0.717) is 37.1 Å². The first kappa shape index (κ1) is 35.0. The summed E-state index contributed by atoms with van der Waals surface area (Å²) >= 11 is 0. The van der Waals surface area contributed by atoms with Crippen LogP contribution in [-0.4, -0.2) is 70.4 Å². The number of alkyl halides is 2. The summed E-state index contributed by atoms with van der Waals surface area (Å²) in [6.45, 7) is 1.38. The first-order valence-corrected chi connectivity index (χ1v) is 18.1. The summed E-state index contributed by atoms with van der Waals surface area (Å²) in [5, 5.41) is 13.2. The van der Waals surface area contributed by atoms with Crippen molar-refractivity contribution in [3.05, 3.63) is 70.8 Å². The summed E-state index contributed by atoms with van der Waals surface area (Å²) in [6, 6.07) is 6.50. The fourth-order valence-corrected chi connectivity index (χ4v) is 7.83. The number of nitrogens with zero attached hydrogens (tertiary/aromatic N) is 8. The molecule has 4 aromatic heterocycles. The normalized spacial score (nSPS) is 21.0. The Kier molecular flexibility index (Phi) is 9.34. The van der Waals surface area contributed by atoms with Crippen LogP contribution in [0.2, 0.25) is 0 Å². The van der Waals surface area contributed by atoms with Gasteiger partial charge in [-0.05, 0) is 50.3 Å². The van der Waals surface area contributed by atoms with Crippen molar-refractivity contribution in [3.8, 4) is 12.0 Å². The van der Waals surface area contributed by atoms with Crippen molar-refractivity contribution in [1.29, 1.82) is 0 Å². The number of aromatic nitrogens is 7. The van der Waals surface area contributed by atoms with Gasteiger partial charge in [-0.25, -0.2) is 23.1 Å². The number of nitrogens with one attached hydrogen (secondary N) is 2. The molecule has 17 heteroatoms. The molecule has 6 heterocycles. The molecule has 1 atom stereocenters. The van der Waals surface area contributed by atoms with Gasteiger partial charge in [0.2, 0.25) is 11.8 Å². The van der Waals surface area contributed by atoms with Crippen LogP contribution in [0.3, 0.4) is 0 Å². The van der Waals surface area contributed by atoms with Crippen LogP contribution in [0, 0.1) is 17.9 Å². The van der Waals surface area contributed by atoms with Gasteiger partial charge >= 0.3 is 5.69 Å². The molecule has 280 valence electrons. The minimum absolute atomic E-state index is 0.0435. The summed E-state index contributed by atoms with van der Waals surface area (Å²) < 4.78 is 40.0. The Morgan fingerprint density at radius 2 is 1.85 bits per heavy atom. The smallest absolute Gasteiger partial charge is 0.329 e. The number of halogens is 2. The second-order valence-corrected chi connectivity index (χ2v) is 14.0. The van der Waals surface area contributed by atoms with Crippen LogP contribution < -0.4 is 21.2 Å². The first-order chi connectivity index (χ1) is 26.2. The van der Waals surface area contributed by atoms with Crippen LogP contribution in [0.15, 0.2) is 53.8 Å². The third-order valence-electron chi connectivity index (χ3n) is 10.7. The molecule has 5 aromatic rings. The topological polar surface area (TPSA) is 163 Å². The SMILES string of the molecule is Cn1c(=O)n(C2CCC(=O)NC2=O)c2cccc(N3CCC(OC#CC4CCC(n5cc(NC(=O)c6cnn7cccnc67)c(C(F)F)n5)CC4)CC3)c21. The summed E-state index contributed by atoms with van der Waals surface area (Å²) in [5.41, 5.74) is 1.95. The number of aryl methyl sites for hydroxylation is 1. The van der Waals surface area contributed by atoms with Crippen molar-refractivity contribution in [3.63, 3.8) is 0 Å². The van der Waals surface area contributed by atoms with E-state index in [0.717, 1.165) is 36.9 Å². The number of amides is 3. The number of rotatable bonds is 7. The maximum atomic E-state index is 14.0. The predicted molar refractivity (Wildman–Crippen MR) is 192 cm³/mol. The van der Waals surface area contributed by atoms with E-state index in [-0.39, 0.29) is 53.8 Å². The summed E-state index contributed by atoms with van der Waals surface area (Å²) in [5.74, 6) is 1.96. The molecular weight excluding hydrogens is 702 g/mol. The van der Waals surface area contributed by atoms with Crippen LogP contribution in [0.1, 0.15) is 85.9 Å². The number of hydrogen-bond acceptors (Lipinski definition) is 9. The number of anilines is 2. The largest absolute Gasteiger partial charge is 0.443 e. The van der Waals surface area contributed by atoms with Crippen molar-refractivity contribution >= 4 is 45.8 Å². The van der Waals surface area contributed by atoms with E-state index in [1.54, 1.807) is 23.9 Å². The van der Waals surface area contributed by atoms with Crippen molar-refractivity contribution in [2.45, 2.75) is 76.0 Å². The summed E-state index contributed by atoms with van der Waals surface area (Å²) in [4.78, 5) is 57.1. The molecule has 0 bridgehead atoms. The number of hydrogen-bond donors (Lipinski definition) is 2. The third kappa shape index (κ3) is 6.56. The van der Waals surface area contributed by atoms with Crippen LogP contribution in [0.4, 0.5) is 20.2 Å². The average molecular weight is 741 g/mol. The molecule has 1 saturated carbocycles. The number of piperidine rings is 2. The van der Waals surface area contributed by atoms with Gasteiger partial charge in [0, 0.05) is 63.9 Å². The Morgan fingerprint density at radius 3 is 2.61 bits per heavy atom. The molecule has 54 heavy (non-hydrogen) atoms. The quantitative estimate of drug-likeness (QED) is 0.185. The van der Waals surface area contributed by atoms with Gasteiger partial charge in [-0.3, -0.25) is 33.5 Å². The fourth-order valence-electron chi connectivity index (χ4n) is 7.83. The van der Waals surface area contributed by atoms with Gasteiger partial charge in [-0.1, -0.05) is 12.0 Å². The highest BCUT2D eigenvalue weighted by Gasteiger charge is 2.33. The first-order valence-electron chi connectivity index (χ1n) is 18.1. The highest BCUT2D eigenvalue weighted by Crippen LogP contribution is 2.35. The number of para-hydroxylation sites is 1. The molecule has 3 fully saturated rings. The van der Waals surface area contributed by atoms with E-state index in [1.807, 2.05) is 18.2 Å². The van der Waals surface area contributed by atoms with E-state index in [4.69, 9.17) is 4.74 Å². The highest BCUT2D eigenvalue weighted by atomic mass is 19.3. The van der Waals surface area contributed by atoms with Crippen LogP contribution in [0.25, 0.3) is 16.7 Å². The van der Waals surface area contributed by atoms with Crippen molar-refractivity contribution in [2.75, 3.05) is 23.3 Å². The van der Waals surface area contributed by atoms with Crippen molar-refractivity contribution in [1.82, 2.24) is 38.8 Å². The molecule has 1 aromatic carbocycles. The van der Waals surface area contributed by atoms with Crippen LogP contribution in [-0.2, 0) is 21.4 Å². The molecule has 1 aliphatic carbocycles. The molecule has 0 spiro atoms. The number of fused-ring (bicyclic) bond motifs is 2. The van der Waals surface area contributed by atoms with E-state index in [2.05, 4.69) is 42.7 Å². The maximum absolute atomic E-state index is 14.0. The number of carbonyl (C=O) groups excluding carboxylic acids is 3. The molecule has 15 nitrogen and oxygen atoms in total. The molecule has 2 N–H and O–H groups in total. The molecular formula is C37H38F2N10O5. The van der Waals surface area contributed by atoms with Gasteiger partial charge in [-0.15, -0.1) is 0 Å². The fraction of sp³-hybridized carbons (Fsp3) is 0.432. The molecule has 3 aliphatic rings. The van der Waals surface area contributed by atoms with Crippen molar-refractivity contribution in [2.24, 2.45) is 13.0 Å². The Bertz CT molecular complexity index is 2370.